The average Bonchev–Trinajstić information content (AvgIpc) is 2.55. The number of benzene rings is 2. The summed E-state index contributed by atoms with van der Waals surface area (Å²) < 4.78 is 0. The van der Waals surface area contributed by atoms with E-state index in [0.717, 1.165) is 6.42 Å². The van der Waals surface area contributed by atoms with Crippen LogP contribution in [0.4, 0.5) is 0 Å². The van der Waals surface area contributed by atoms with Gasteiger partial charge in [0.25, 0.3) is 0 Å². The third-order valence-corrected chi connectivity index (χ3v) is 4.19. The van der Waals surface area contributed by atoms with Crippen LogP contribution in [0.3, 0.4) is 0 Å². The molecule has 2 heterocycles. The van der Waals surface area contributed by atoms with Crippen molar-refractivity contribution in [1.29, 1.82) is 0 Å². The van der Waals surface area contributed by atoms with Gasteiger partial charge in [0.15, 0.2) is 0 Å². The predicted molar refractivity (Wildman–Crippen MR) is 91.0 cm³/mol. The van der Waals surface area contributed by atoms with E-state index in [2.05, 4.69) is 59.4 Å². The van der Waals surface area contributed by atoms with Crippen molar-refractivity contribution in [3.8, 4) is 0 Å². The SMILES string of the molecule is Cc1cc(Cc2cccc3cnccc23)cc2ccncc12. The van der Waals surface area contributed by atoms with Gasteiger partial charge < -0.3 is 0 Å². The first-order chi connectivity index (χ1) is 10.8. The number of hydrogen-bond donors (Lipinski definition) is 0. The van der Waals surface area contributed by atoms with Crippen LogP contribution < -0.4 is 0 Å². The summed E-state index contributed by atoms with van der Waals surface area (Å²) in [5.74, 6) is 0. The third-order valence-electron chi connectivity index (χ3n) is 4.19. The van der Waals surface area contributed by atoms with Gasteiger partial charge in [0.05, 0.1) is 0 Å². The van der Waals surface area contributed by atoms with E-state index in [0.29, 0.717) is 0 Å². The molecule has 0 saturated heterocycles. The standard InChI is InChI=1S/C20H16N2/c1-14-9-15(11-17-5-7-22-13-20(14)17)10-16-3-2-4-18-12-21-8-6-19(16)18/h2-9,11-13H,10H2,1H3. The highest BCUT2D eigenvalue weighted by molar-refractivity contribution is 5.87. The number of aromatic nitrogens is 2. The lowest BCUT2D eigenvalue weighted by molar-refractivity contribution is 1.20. The van der Waals surface area contributed by atoms with Crippen molar-refractivity contribution in [1.82, 2.24) is 9.97 Å². The van der Waals surface area contributed by atoms with E-state index in [4.69, 9.17) is 0 Å². The second-order valence-corrected chi connectivity index (χ2v) is 5.70. The molecule has 0 N–H and O–H groups in total. The minimum atomic E-state index is 0.931. The lowest BCUT2D eigenvalue weighted by atomic mass is 9.96. The smallest absolute Gasteiger partial charge is 0.0349 e. The number of rotatable bonds is 2. The summed E-state index contributed by atoms with van der Waals surface area (Å²) in [5, 5.41) is 4.96. The van der Waals surface area contributed by atoms with E-state index in [9.17, 15) is 0 Å². The second kappa shape index (κ2) is 5.23. The van der Waals surface area contributed by atoms with Gasteiger partial charge in [-0.15, -0.1) is 0 Å². The molecule has 0 amide bonds. The Labute approximate surface area is 129 Å². The minimum absolute atomic E-state index is 0.931. The Morgan fingerprint density at radius 2 is 1.68 bits per heavy atom. The first kappa shape index (κ1) is 13.0. The molecule has 0 saturated carbocycles. The number of pyridine rings is 2. The molecule has 0 atom stereocenters. The molecule has 2 nitrogen and oxygen atoms in total. The van der Waals surface area contributed by atoms with Gasteiger partial charge in [-0.3, -0.25) is 9.97 Å². The fourth-order valence-corrected chi connectivity index (χ4v) is 3.12. The molecular formula is C20H16N2. The van der Waals surface area contributed by atoms with E-state index < -0.39 is 0 Å². The molecule has 0 aliphatic heterocycles. The van der Waals surface area contributed by atoms with E-state index >= 15 is 0 Å². The van der Waals surface area contributed by atoms with Crippen LogP contribution in [0.15, 0.2) is 67.3 Å². The van der Waals surface area contributed by atoms with Crippen LogP contribution in [0.25, 0.3) is 21.5 Å². The van der Waals surface area contributed by atoms with Crippen molar-refractivity contribution >= 4 is 21.5 Å². The van der Waals surface area contributed by atoms with Crippen LogP contribution in [0, 0.1) is 6.92 Å². The summed E-state index contributed by atoms with van der Waals surface area (Å²) in [6.45, 7) is 2.15. The molecule has 4 rings (SSSR count). The van der Waals surface area contributed by atoms with Crippen LogP contribution in [-0.2, 0) is 6.42 Å². The van der Waals surface area contributed by atoms with Crippen LogP contribution >= 0.6 is 0 Å². The van der Waals surface area contributed by atoms with Gasteiger partial charge in [0.1, 0.15) is 0 Å². The first-order valence-electron chi connectivity index (χ1n) is 7.46. The number of aryl methyl sites for hydroxylation is 1. The lowest BCUT2D eigenvalue weighted by Crippen LogP contribution is -1.92. The van der Waals surface area contributed by atoms with Crippen molar-refractivity contribution in [2.75, 3.05) is 0 Å². The number of nitrogens with zero attached hydrogens (tertiary/aromatic N) is 2. The quantitative estimate of drug-likeness (QED) is 0.534. The molecule has 2 aromatic heterocycles. The molecule has 106 valence electrons. The molecule has 0 radical (unpaired) electrons. The number of fused-ring (bicyclic) bond motifs is 2. The van der Waals surface area contributed by atoms with E-state index in [1.54, 1.807) is 0 Å². The normalized spacial score (nSPS) is 11.1. The summed E-state index contributed by atoms with van der Waals surface area (Å²) in [4.78, 5) is 8.43. The third kappa shape index (κ3) is 2.23. The zero-order valence-corrected chi connectivity index (χ0v) is 12.5. The van der Waals surface area contributed by atoms with Gasteiger partial charge in [-0.25, -0.2) is 0 Å². The maximum absolute atomic E-state index is 4.22. The molecule has 4 aromatic rings. The molecule has 0 fully saturated rings. The zero-order chi connectivity index (χ0) is 14.9. The summed E-state index contributed by atoms with van der Waals surface area (Å²) in [5.41, 5.74) is 3.95. The van der Waals surface area contributed by atoms with Crippen LogP contribution in [0.2, 0.25) is 0 Å². The monoisotopic (exact) mass is 284 g/mol. The molecule has 22 heavy (non-hydrogen) atoms. The van der Waals surface area contributed by atoms with Gasteiger partial charge in [-0.1, -0.05) is 30.3 Å². The van der Waals surface area contributed by atoms with Crippen LogP contribution in [0.1, 0.15) is 16.7 Å². The molecular weight excluding hydrogens is 268 g/mol. The molecule has 0 aliphatic carbocycles. The van der Waals surface area contributed by atoms with Gasteiger partial charge in [-0.2, -0.15) is 0 Å². The van der Waals surface area contributed by atoms with Crippen molar-refractivity contribution in [3.05, 3.63) is 83.9 Å². The van der Waals surface area contributed by atoms with Crippen LogP contribution in [0.5, 0.6) is 0 Å². The largest absolute Gasteiger partial charge is 0.264 e. The second-order valence-electron chi connectivity index (χ2n) is 5.70. The Balaban J connectivity index is 1.83. The highest BCUT2D eigenvalue weighted by Crippen LogP contribution is 2.24. The molecule has 2 heteroatoms. The Hall–Kier alpha value is -2.74. The Morgan fingerprint density at radius 3 is 2.64 bits per heavy atom. The maximum atomic E-state index is 4.22. The van der Waals surface area contributed by atoms with Crippen molar-refractivity contribution in [2.24, 2.45) is 0 Å². The Morgan fingerprint density at radius 1 is 0.818 bits per heavy atom. The fraction of sp³-hybridized carbons (Fsp3) is 0.100. The fourth-order valence-electron chi connectivity index (χ4n) is 3.12. The highest BCUT2D eigenvalue weighted by Gasteiger charge is 2.05. The van der Waals surface area contributed by atoms with Gasteiger partial charge >= 0.3 is 0 Å². The van der Waals surface area contributed by atoms with Gasteiger partial charge in [0.2, 0.25) is 0 Å². The van der Waals surface area contributed by atoms with Gasteiger partial charge in [0, 0.05) is 35.6 Å². The summed E-state index contributed by atoms with van der Waals surface area (Å²) >= 11 is 0. The predicted octanol–water partition coefficient (Wildman–Crippen LogP) is 4.68. The maximum Gasteiger partial charge on any atom is 0.0349 e. The zero-order valence-electron chi connectivity index (χ0n) is 12.5. The minimum Gasteiger partial charge on any atom is -0.264 e. The average molecular weight is 284 g/mol. The van der Waals surface area contributed by atoms with Crippen molar-refractivity contribution in [2.45, 2.75) is 13.3 Å². The lowest BCUT2D eigenvalue weighted by Gasteiger charge is -2.09. The Kier molecular flexibility index (Phi) is 3.08. The van der Waals surface area contributed by atoms with Crippen LogP contribution in [-0.4, -0.2) is 9.97 Å². The molecule has 0 bridgehead atoms. The van der Waals surface area contributed by atoms with Gasteiger partial charge in [-0.05, 0) is 52.9 Å². The summed E-state index contributed by atoms with van der Waals surface area (Å²) in [6.07, 6.45) is 8.52. The summed E-state index contributed by atoms with van der Waals surface area (Å²) in [7, 11) is 0. The van der Waals surface area contributed by atoms with E-state index in [1.165, 1.54) is 38.2 Å². The summed E-state index contributed by atoms with van der Waals surface area (Å²) in [6, 6.07) is 15.1. The molecule has 0 aliphatic rings. The van der Waals surface area contributed by atoms with E-state index in [1.807, 2.05) is 24.8 Å². The van der Waals surface area contributed by atoms with Crippen molar-refractivity contribution < 1.29 is 0 Å². The van der Waals surface area contributed by atoms with E-state index in [-0.39, 0.29) is 0 Å². The number of hydrogen-bond acceptors (Lipinski definition) is 2. The molecule has 0 unspecified atom stereocenters. The highest BCUT2D eigenvalue weighted by atomic mass is 14.6. The Bertz CT molecular complexity index is 968. The molecule has 2 aromatic carbocycles. The first-order valence-corrected chi connectivity index (χ1v) is 7.46. The van der Waals surface area contributed by atoms with Crippen molar-refractivity contribution in [3.63, 3.8) is 0 Å². The molecule has 0 spiro atoms. The topological polar surface area (TPSA) is 25.8 Å².